The van der Waals surface area contributed by atoms with Crippen molar-refractivity contribution in [1.29, 1.82) is 0 Å². The summed E-state index contributed by atoms with van der Waals surface area (Å²) in [5.41, 5.74) is 0.794. The zero-order valence-electron chi connectivity index (χ0n) is 8.74. The van der Waals surface area contributed by atoms with Gasteiger partial charge in [0.25, 0.3) is 0 Å². The summed E-state index contributed by atoms with van der Waals surface area (Å²) in [6.45, 7) is 2.23. The number of hydrogen-bond donors (Lipinski definition) is 0. The Labute approximate surface area is 107 Å². The Hall–Kier alpha value is -0.610. The minimum atomic E-state index is -0.145. The quantitative estimate of drug-likeness (QED) is 0.805. The Balaban J connectivity index is 2.08. The molecule has 1 aliphatic carbocycles. The molecule has 0 aliphatic heterocycles. The molecule has 1 heterocycles. The SMILES string of the molecule is CCOC(=O)C1CC1c1ncc(Br)cc1Cl. The molecule has 0 aromatic carbocycles. The molecular weight excluding hydrogens is 293 g/mol. The highest BCUT2D eigenvalue weighted by atomic mass is 79.9. The largest absolute Gasteiger partial charge is 0.466 e. The number of ether oxygens (including phenoxy) is 1. The van der Waals surface area contributed by atoms with Gasteiger partial charge in [0.1, 0.15) is 0 Å². The number of aromatic nitrogens is 1. The Morgan fingerprint density at radius 1 is 1.75 bits per heavy atom. The van der Waals surface area contributed by atoms with Gasteiger partial charge in [-0.25, -0.2) is 0 Å². The van der Waals surface area contributed by atoms with E-state index in [0.29, 0.717) is 11.6 Å². The Morgan fingerprint density at radius 3 is 3.12 bits per heavy atom. The van der Waals surface area contributed by atoms with Crippen LogP contribution in [-0.4, -0.2) is 17.6 Å². The predicted molar refractivity (Wildman–Crippen MR) is 64.4 cm³/mol. The summed E-state index contributed by atoms with van der Waals surface area (Å²) in [6, 6.07) is 1.80. The number of nitrogens with zero attached hydrogens (tertiary/aromatic N) is 1. The number of halogens is 2. The third-order valence-electron chi connectivity index (χ3n) is 2.57. The first kappa shape index (κ1) is 11.9. The van der Waals surface area contributed by atoms with E-state index in [0.717, 1.165) is 16.6 Å². The Kier molecular flexibility index (Phi) is 3.50. The number of pyridine rings is 1. The van der Waals surface area contributed by atoms with E-state index in [1.165, 1.54) is 0 Å². The lowest BCUT2D eigenvalue weighted by molar-refractivity contribution is -0.144. The summed E-state index contributed by atoms with van der Waals surface area (Å²) in [5.74, 6) is -0.0842. The zero-order valence-corrected chi connectivity index (χ0v) is 11.1. The van der Waals surface area contributed by atoms with Crippen molar-refractivity contribution in [2.45, 2.75) is 19.3 Å². The molecule has 0 spiro atoms. The lowest BCUT2D eigenvalue weighted by Gasteiger charge is -2.03. The topological polar surface area (TPSA) is 39.2 Å². The van der Waals surface area contributed by atoms with Crippen LogP contribution in [0.2, 0.25) is 5.02 Å². The van der Waals surface area contributed by atoms with E-state index in [9.17, 15) is 4.79 Å². The molecule has 0 bridgehead atoms. The molecule has 1 aromatic heterocycles. The molecule has 2 unspecified atom stereocenters. The van der Waals surface area contributed by atoms with Gasteiger partial charge >= 0.3 is 5.97 Å². The standard InChI is InChI=1S/C11H11BrClNO2/c1-2-16-11(15)8-4-7(8)10-9(13)3-6(12)5-14-10/h3,5,7-8H,2,4H2,1H3. The fraction of sp³-hybridized carbons (Fsp3) is 0.455. The van der Waals surface area contributed by atoms with Crippen LogP contribution in [0.25, 0.3) is 0 Å². The fourth-order valence-corrected chi connectivity index (χ4v) is 2.47. The molecule has 5 heteroatoms. The highest BCUT2D eigenvalue weighted by Gasteiger charge is 2.47. The van der Waals surface area contributed by atoms with E-state index in [-0.39, 0.29) is 17.8 Å². The van der Waals surface area contributed by atoms with Gasteiger partial charge in [-0.05, 0) is 35.3 Å². The molecule has 1 saturated carbocycles. The smallest absolute Gasteiger partial charge is 0.309 e. The van der Waals surface area contributed by atoms with Crippen LogP contribution in [-0.2, 0) is 9.53 Å². The lowest BCUT2D eigenvalue weighted by atomic mass is 10.2. The summed E-state index contributed by atoms with van der Waals surface area (Å²) in [6.07, 6.45) is 2.48. The van der Waals surface area contributed by atoms with Crippen LogP contribution in [0.1, 0.15) is 25.0 Å². The van der Waals surface area contributed by atoms with Crippen LogP contribution in [0.4, 0.5) is 0 Å². The molecule has 3 nitrogen and oxygen atoms in total. The van der Waals surface area contributed by atoms with E-state index in [2.05, 4.69) is 20.9 Å². The van der Waals surface area contributed by atoms with Crippen molar-refractivity contribution in [2.24, 2.45) is 5.92 Å². The highest BCUT2D eigenvalue weighted by Crippen LogP contribution is 2.49. The number of carbonyl (C=O) groups is 1. The highest BCUT2D eigenvalue weighted by molar-refractivity contribution is 9.10. The van der Waals surface area contributed by atoms with Gasteiger partial charge in [0.2, 0.25) is 0 Å². The van der Waals surface area contributed by atoms with Crippen molar-refractivity contribution < 1.29 is 9.53 Å². The maximum Gasteiger partial charge on any atom is 0.309 e. The van der Waals surface area contributed by atoms with Gasteiger partial charge in [-0.1, -0.05) is 11.6 Å². The summed E-state index contributed by atoms with van der Waals surface area (Å²) in [4.78, 5) is 15.7. The van der Waals surface area contributed by atoms with E-state index >= 15 is 0 Å². The second kappa shape index (κ2) is 4.72. The van der Waals surface area contributed by atoms with E-state index in [4.69, 9.17) is 16.3 Å². The molecule has 0 radical (unpaired) electrons. The Bertz CT molecular complexity index is 424. The molecule has 16 heavy (non-hydrogen) atoms. The van der Waals surface area contributed by atoms with Crippen molar-refractivity contribution >= 4 is 33.5 Å². The second-order valence-electron chi connectivity index (χ2n) is 3.72. The summed E-state index contributed by atoms with van der Waals surface area (Å²) >= 11 is 9.36. The molecule has 0 saturated heterocycles. The first-order valence-electron chi connectivity index (χ1n) is 5.11. The zero-order chi connectivity index (χ0) is 11.7. The monoisotopic (exact) mass is 303 g/mol. The number of hydrogen-bond acceptors (Lipinski definition) is 3. The summed E-state index contributed by atoms with van der Waals surface area (Å²) < 4.78 is 5.80. The minimum Gasteiger partial charge on any atom is -0.466 e. The van der Waals surface area contributed by atoms with E-state index in [1.807, 2.05) is 0 Å². The average molecular weight is 305 g/mol. The van der Waals surface area contributed by atoms with Gasteiger partial charge in [-0.15, -0.1) is 0 Å². The maximum atomic E-state index is 11.5. The number of rotatable bonds is 3. The van der Waals surface area contributed by atoms with Gasteiger partial charge < -0.3 is 4.74 Å². The molecule has 1 fully saturated rings. The molecule has 0 amide bonds. The van der Waals surface area contributed by atoms with E-state index in [1.54, 1.807) is 19.2 Å². The van der Waals surface area contributed by atoms with Crippen LogP contribution in [0, 0.1) is 5.92 Å². The van der Waals surface area contributed by atoms with E-state index < -0.39 is 0 Å². The first-order chi connectivity index (χ1) is 7.63. The van der Waals surface area contributed by atoms with Crippen LogP contribution < -0.4 is 0 Å². The first-order valence-corrected chi connectivity index (χ1v) is 6.28. The van der Waals surface area contributed by atoms with Crippen LogP contribution in [0.5, 0.6) is 0 Å². The molecule has 1 aromatic rings. The summed E-state index contributed by atoms with van der Waals surface area (Å²) in [5, 5.41) is 0.603. The van der Waals surface area contributed by atoms with Crippen LogP contribution in [0.15, 0.2) is 16.7 Å². The third-order valence-corrected chi connectivity index (χ3v) is 3.30. The third kappa shape index (κ3) is 2.38. The van der Waals surface area contributed by atoms with Gasteiger partial charge in [0.15, 0.2) is 0 Å². The van der Waals surface area contributed by atoms with Gasteiger partial charge in [-0.3, -0.25) is 9.78 Å². The fourth-order valence-electron chi connectivity index (χ4n) is 1.70. The predicted octanol–water partition coefficient (Wildman–Crippen LogP) is 3.16. The van der Waals surface area contributed by atoms with Gasteiger partial charge in [-0.2, -0.15) is 0 Å². The lowest BCUT2D eigenvalue weighted by Crippen LogP contribution is -2.07. The molecule has 1 aliphatic rings. The molecular formula is C11H11BrClNO2. The molecule has 2 atom stereocenters. The van der Waals surface area contributed by atoms with Gasteiger partial charge in [0.05, 0.1) is 23.2 Å². The van der Waals surface area contributed by atoms with Crippen molar-refractivity contribution in [1.82, 2.24) is 4.98 Å². The number of esters is 1. The van der Waals surface area contributed by atoms with Crippen LogP contribution >= 0.6 is 27.5 Å². The maximum absolute atomic E-state index is 11.5. The minimum absolute atomic E-state index is 0.0638. The molecule has 0 N–H and O–H groups in total. The van der Waals surface area contributed by atoms with Crippen molar-refractivity contribution in [3.8, 4) is 0 Å². The second-order valence-corrected chi connectivity index (χ2v) is 5.04. The van der Waals surface area contributed by atoms with Crippen LogP contribution in [0.3, 0.4) is 0 Å². The Morgan fingerprint density at radius 2 is 2.50 bits per heavy atom. The molecule has 86 valence electrons. The van der Waals surface area contributed by atoms with Crippen molar-refractivity contribution in [3.05, 3.63) is 27.5 Å². The average Bonchev–Trinajstić information content (AvgIpc) is 2.98. The van der Waals surface area contributed by atoms with Crippen molar-refractivity contribution in [2.75, 3.05) is 6.61 Å². The molecule has 2 rings (SSSR count). The van der Waals surface area contributed by atoms with Gasteiger partial charge in [0, 0.05) is 16.6 Å². The summed E-state index contributed by atoms with van der Waals surface area (Å²) in [7, 11) is 0. The normalized spacial score (nSPS) is 22.9. The number of carbonyl (C=O) groups excluding carboxylic acids is 1. The van der Waals surface area contributed by atoms with Crippen molar-refractivity contribution in [3.63, 3.8) is 0 Å².